The number of piperidine rings is 1. The first kappa shape index (κ1) is 22.6. The van der Waals surface area contributed by atoms with Gasteiger partial charge in [-0.05, 0) is 38.8 Å². The minimum atomic E-state index is 0. The van der Waals surface area contributed by atoms with Crippen molar-refractivity contribution in [3.05, 3.63) is 16.1 Å². The second kappa shape index (κ2) is 12.8. The maximum Gasteiger partial charge on any atom is 0.190 e. The van der Waals surface area contributed by atoms with Gasteiger partial charge in [-0.25, -0.2) is 4.98 Å². The largest absolute Gasteiger partial charge is 0.383 e. The van der Waals surface area contributed by atoms with Gasteiger partial charge >= 0.3 is 0 Å². The fraction of sp³-hybridized carbons (Fsp3) is 0.765. The average molecular weight is 481 g/mol. The number of thiazole rings is 1. The maximum atomic E-state index is 5.15. The number of hydrogen-bond donors (Lipinski definition) is 2. The van der Waals surface area contributed by atoms with Crippen LogP contribution in [0.2, 0.25) is 0 Å². The molecule has 8 heteroatoms. The Morgan fingerprint density at radius 2 is 2.16 bits per heavy atom. The van der Waals surface area contributed by atoms with Gasteiger partial charge in [-0.1, -0.05) is 0 Å². The summed E-state index contributed by atoms with van der Waals surface area (Å²) < 4.78 is 5.15. The minimum absolute atomic E-state index is 0. The molecule has 0 spiro atoms. The summed E-state index contributed by atoms with van der Waals surface area (Å²) in [6.07, 6.45) is 5.36. The zero-order chi connectivity index (χ0) is 17.2. The van der Waals surface area contributed by atoms with Gasteiger partial charge in [0.25, 0.3) is 0 Å². The summed E-state index contributed by atoms with van der Waals surface area (Å²) in [5, 5.41) is 8.03. The van der Waals surface area contributed by atoms with Crippen LogP contribution in [0.1, 0.15) is 22.7 Å². The summed E-state index contributed by atoms with van der Waals surface area (Å²) in [5.41, 5.74) is 0. The number of halogens is 1. The number of nitrogens with one attached hydrogen (secondary N) is 2. The van der Waals surface area contributed by atoms with E-state index in [2.05, 4.69) is 32.4 Å². The first-order valence-corrected chi connectivity index (χ1v) is 9.60. The van der Waals surface area contributed by atoms with Crippen LogP contribution in [0.25, 0.3) is 0 Å². The van der Waals surface area contributed by atoms with Gasteiger partial charge in [0.05, 0.1) is 11.6 Å². The third-order valence-electron chi connectivity index (χ3n) is 4.40. The molecule has 1 aliphatic rings. The summed E-state index contributed by atoms with van der Waals surface area (Å²) in [4.78, 5) is 12.5. The molecule has 1 fully saturated rings. The molecule has 0 radical (unpaired) electrons. The van der Waals surface area contributed by atoms with Gasteiger partial charge in [0.1, 0.15) is 0 Å². The number of hydrogen-bond acceptors (Lipinski definition) is 5. The highest BCUT2D eigenvalue weighted by molar-refractivity contribution is 14.0. The van der Waals surface area contributed by atoms with Crippen LogP contribution in [0.15, 0.2) is 11.2 Å². The van der Waals surface area contributed by atoms with Gasteiger partial charge in [-0.2, -0.15) is 0 Å². The van der Waals surface area contributed by atoms with Gasteiger partial charge in [-0.15, -0.1) is 35.3 Å². The van der Waals surface area contributed by atoms with E-state index < -0.39 is 0 Å². The summed E-state index contributed by atoms with van der Waals surface area (Å²) in [6.45, 7) is 8.18. The molecule has 2 rings (SSSR count). The molecule has 2 N–H and O–H groups in total. The van der Waals surface area contributed by atoms with Gasteiger partial charge in [0.15, 0.2) is 5.96 Å². The highest BCUT2D eigenvalue weighted by atomic mass is 127. The topological polar surface area (TPSA) is 61.8 Å². The number of rotatable bonds is 8. The Morgan fingerprint density at radius 3 is 2.76 bits per heavy atom. The molecule has 0 saturated carbocycles. The van der Waals surface area contributed by atoms with Crippen LogP contribution in [-0.2, 0) is 11.2 Å². The molecule has 1 aromatic rings. The third kappa shape index (κ3) is 8.65. The average Bonchev–Trinajstić information content (AvgIpc) is 3.02. The second-order valence-electron chi connectivity index (χ2n) is 6.27. The SMILES string of the molecule is CN=C(NCCc1ncc(C)s1)NCC1CCN(CCOC)CC1.I. The first-order chi connectivity index (χ1) is 11.7. The monoisotopic (exact) mass is 481 g/mol. The molecule has 0 unspecified atom stereocenters. The van der Waals surface area contributed by atoms with E-state index >= 15 is 0 Å². The van der Waals surface area contributed by atoms with Crippen molar-refractivity contribution in [2.45, 2.75) is 26.2 Å². The lowest BCUT2D eigenvalue weighted by molar-refractivity contribution is 0.121. The van der Waals surface area contributed by atoms with E-state index in [1.165, 1.54) is 35.8 Å². The lowest BCUT2D eigenvalue weighted by Crippen LogP contribution is -2.43. The number of likely N-dealkylation sites (tertiary alicyclic amines) is 1. The van der Waals surface area contributed by atoms with Gasteiger partial charge in [-0.3, -0.25) is 4.99 Å². The van der Waals surface area contributed by atoms with Crippen molar-refractivity contribution >= 4 is 41.3 Å². The molecular weight excluding hydrogens is 449 g/mol. The Bertz CT molecular complexity index is 503. The van der Waals surface area contributed by atoms with E-state index in [-0.39, 0.29) is 24.0 Å². The van der Waals surface area contributed by atoms with Crippen molar-refractivity contribution in [1.29, 1.82) is 0 Å². The van der Waals surface area contributed by atoms with E-state index in [1.807, 2.05) is 13.2 Å². The number of aromatic nitrogens is 1. The van der Waals surface area contributed by atoms with Crippen LogP contribution in [-0.4, -0.2) is 69.3 Å². The molecule has 1 aromatic heterocycles. The quantitative estimate of drug-likeness (QED) is 0.339. The Morgan fingerprint density at radius 1 is 1.40 bits per heavy atom. The molecular formula is C17H32IN5OS. The Balaban J connectivity index is 0.00000312. The first-order valence-electron chi connectivity index (χ1n) is 8.78. The van der Waals surface area contributed by atoms with Crippen molar-refractivity contribution in [2.24, 2.45) is 10.9 Å². The smallest absolute Gasteiger partial charge is 0.190 e. The van der Waals surface area contributed by atoms with Gasteiger partial charge < -0.3 is 20.3 Å². The molecule has 25 heavy (non-hydrogen) atoms. The lowest BCUT2D eigenvalue weighted by Gasteiger charge is -2.32. The van der Waals surface area contributed by atoms with Crippen LogP contribution in [0.4, 0.5) is 0 Å². The highest BCUT2D eigenvalue weighted by Gasteiger charge is 2.18. The van der Waals surface area contributed by atoms with Crippen LogP contribution in [0.3, 0.4) is 0 Å². The highest BCUT2D eigenvalue weighted by Crippen LogP contribution is 2.16. The Labute approximate surface area is 172 Å². The zero-order valence-electron chi connectivity index (χ0n) is 15.6. The van der Waals surface area contributed by atoms with Crippen LogP contribution in [0.5, 0.6) is 0 Å². The van der Waals surface area contributed by atoms with Crippen molar-refractivity contribution in [2.75, 3.05) is 53.5 Å². The van der Waals surface area contributed by atoms with Crippen molar-refractivity contribution in [3.8, 4) is 0 Å². The molecule has 6 nitrogen and oxygen atoms in total. The number of nitrogens with zero attached hydrogens (tertiary/aromatic N) is 3. The normalized spacial score (nSPS) is 16.5. The summed E-state index contributed by atoms with van der Waals surface area (Å²) in [7, 11) is 3.60. The van der Waals surface area contributed by atoms with Gasteiger partial charge in [0.2, 0.25) is 0 Å². The summed E-state index contributed by atoms with van der Waals surface area (Å²) >= 11 is 1.76. The van der Waals surface area contributed by atoms with E-state index in [9.17, 15) is 0 Å². The summed E-state index contributed by atoms with van der Waals surface area (Å²) in [5.74, 6) is 1.62. The van der Waals surface area contributed by atoms with Crippen molar-refractivity contribution in [3.63, 3.8) is 0 Å². The molecule has 0 aliphatic carbocycles. The Hall–Kier alpha value is -0.450. The standard InChI is InChI=1S/C17H31N5OS.HI/c1-14-12-20-16(24-14)4-7-19-17(18-2)21-13-15-5-8-22(9-6-15)10-11-23-3;/h12,15H,4-11,13H2,1-3H3,(H2,18,19,21);1H. The zero-order valence-corrected chi connectivity index (χ0v) is 18.7. The number of ether oxygens (including phenoxy) is 1. The van der Waals surface area contributed by atoms with E-state index in [0.29, 0.717) is 0 Å². The molecule has 0 atom stereocenters. The molecule has 0 bridgehead atoms. The Kier molecular flexibility index (Phi) is 11.6. The number of aliphatic imine (C=N–C) groups is 1. The number of aryl methyl sites for hydroxylation is 1. The minimum Gasteiger partial charge on any atom is -0.383 e. The van der Waals surface area contributed by atoms with Crippen LogP contribution >= 0.6 is 35.3 Å². The van der Waals surface area contributed by atoms with E-state index in [0.717, 1.165) is 44.5 Å². The molecule has 0 amide bonds. The molecule has 1 saturated heterocycles. The molecule has 2 heterocycles. The van der Waals surface area contributed by atoms with Crippen molar-refractivity contribution in [1.82, 2.24) is 20.5 Å². The third-order valence-corrected chi connectivity index (χ3v) is 5.37. The fourth-order valence-electron chi connectivity index (χ4n) is 2.90. The van der Waals surface area contributed by atoms with E-state index in [4.69, 9.17) is 4.74 Å². The van der Waals surface area contributed by atoms with Crippen molar-refractivity contribution < 1.29 is 4.74 Å². The molecule has 1 aliphatic heterocycles. The van der Waals surface area contributed by atoms with Gasteiger partial charge in [0, 0.05) is 51.3 Å². The maximum absolute atomic E-state index is 5.15. The van der Waals surface area contributed by atoms with Crippen LogP contribution in [0, 0.1) is 12.8 Å². The lowest BCUT2D eigenvalue weighted by atomic mass is 9.97. The predicted octanol–water partition coefficient (Wildman–Crippen LogP) is 2.14. The van der Waals surface area contributed by atoms with E-state index in [1.54, 1.807) is 18.4 Å². The molecule has 0 aromatic carbocycles. The predicted molar refractivity (Wildman–Crippen MR) is 116 cm³/mol. The molecule has 144 valence electrons. The fourth-order valence-corrected chi connectivity index (χ4v) is 3.69. The van der Waals surface area contributed by atoms with Crippen LogP contribution < -0.4 is 10.6 Å². The number of guanidine groups is 1. The summed E-state index contributed by atoms with van der Waals surface area (Å²) in [6, 6.07) is 0. The number of methoxy groups -OCH3 is 1. The second-order valence-corrected chi connectivity index (χ2v) is 7.59.